The maximum absolute atomic E-state index is 3.66. The van der Waals surface area contributed by atoms with Gasteiger partial charge in [0.05, 0.1) is 0 Å². The molecule has 4 aromatic rings. The van der Waals surface area contributed by atoms with Crippen molar-refractivity contribution in [2.75, 3.05) is 7.05 Å². The average molecular weight is 624 g/mol. The van der Waals surface area contributed by atoms with Crippen LogP contribution in [0.25, 0.3) is 11.1 Å². The molecule has 0 amide bonds. The molecule has 0 spiro atoms. The van der Waals surface area contributed by atoms with Crippen LogP contribution >= 0.6 is 0 Å². The van der Waals surface area contributed by atoms with Crippen LogP contribution in [0.1, 0.15) is 86.3 Å². The molecule has 8 rings (SSSR count). The van der Waals surface area contributed by atoms with E-state index in [2.05, 4.69) is 186 Å². The van der Waals surface area contributed by atoms with E-state index in [-0.39, 0.29) is 30.8 Å². The fourth-order valence-electron chi connectivity index (χ4n) is 7.90. The van der Waals surface area contributed by atoms with Crippen molar-refractivity contribution in [3.05, 3.63) is 154 Å². The third-order valence-corrected chi connectivity index (χ3v) is 10.0. The summed E-state index contributed by atoms with van der Waals surface area (Å²) in [5, 5.41) is 19.6. The second-order valence-electron chi connectivity index (χ2n) is 13.6. The van der Waals surface area contributed by atoms with E-state index in [4.69, 9.17) is 0 Å². The van der Waals surface area contributed by atoms with Crippen molar-refractivity contribution < 1.29 is 0 Å². The molecule has 2 saturated heterocycles. The van der Waals surface area contributed by atoms with E-state index in [9.17, 15) is 0 Å². The van der Waals surface area contributed by atoms with Gasteiger partial charge in [-0.25, -0.2) is 0 Å². The summed E-state index contributed by atoms with van der Waals surface area (Å²) in [6.07, 6.45) is 5.10. The van der Waals surface area contributed by atoms with Crippen molar-refractivity contribution in [3.63, 3.8) is 0 Å². The van der Waals surface area contributed by atoms with E-state index in [1.165, 1.54) is 50.3 Å². The van der Waals surface area contributed by atoms with E-state index in [1.807, 2.05) is 0 Å². The van der Waals surface area contributed by atoms with Gasteiger partial charge in [0.15, 0.2) is 0 Å². The fourth-order valence-corrected chi connectivity index (χ4v) is 7.90. The van der Waals surface area contributed by atoms with E-state index in [0.717, 1.165) is 0 Å². The molecule has 0 aromatic heterocycles. The Hall–Kier alpha value is -4.24. The van der Waals surface area contributed by atoms with Crippen molar-refractivity contribution in [2.24, 2.45) is 0 Å². The lowest BCUT2D eigenvalue weighted by Gasteiger charge is -2.32. The van der Waals surface area contributed by atoms with Gasteiger partial charge in [-0.05, 0) is 91.9 Å². The molecule has 4 aliphatic rings. The summed E-state index contributed by atoms with van der Waals surface area (Å²) in [4.78, 5) is 2.52. The number of fused-ring (bicyclic) bond motifs is 1. The summed E-state index contributed by atoms with van der Waals surface area (Å²) >= 11 is 0. The van der Waals surface area contributed by atoms with Gasteiger partial charge >= 0.3 is 0 Å². The molecule has 47 heavy (non-hydrogen) atoms. The molecule has 0 radical (unpaired) electrons. The smallest absolute Gasteiger partial charge is 0.119 e. The minimum Gasteiger partial charge on any atom is -0.370 e. The lowest BCUT2D eigenvalue weighted by Crippen LogP contribution is -2.42. The summed E-state index contributed by atoms with van der Waals surface area (Å²) in [5.41, 5.74) is 11.3. The predicted molar refractivity (Wildman–Crippen MR) is 189 cm³/mol. The fraction of sp³-hybridized carbons (Fsp3) is 0.300. The van der Waals surface area contributed by atoms with Crippen LogP contribution in [0.15, 0.2) is 127 Å². The van der Waals surface area contributed by atoms with Gasteiger partial charge in [0, 0.05) is 23.5 Å². The highest BCUT2D eigenvalue weighted by atomic mass is 16.0. The zero-order valence-electron chi connectivity index (χ0n) is 27.9. The molecule has 7 heteroatoms. The molecule has 7 nitrogen and oxygen atoms in total. The Kier molecular flexibility index (Phi) is 7.75. The summed E-state index contributed by atoms with van der Waals surface area (Å²) in [6, 6.07) is 38.8. The monoisotopic (exact) mass is 623 g/mol. The van der Waals surface area contributed by atoms with E-state index in [0.29, 0.717) is 12.1 Å². The van der Waals surface area contributed by atoms with Crippen LogP contribution in [0.4, 0.5) is 0 Å². The second kappa shape index (κ2) is 12.1. The largest absolute Gasteiger partial charge is 0.370 e. The van der Waals surface area contributed by atoms with Gasteiger partial charge in [-0.3, -0.25) is 15.5 Å². The molecule has 4 N–H and O–H groups in total. The van der Waals surface area contributed by atoms with Gasteiger partial charge in [0.25, 0.3) is 0 Å². The van der Waals surface area contributed by atoms with Crippen molar-refractivity contribution in [1.29, 1.82) is 0 Å². The Morgan fingerprint density at radius 2 is 0.957 bits per heavy atom. The van der Waals surface area contributed by atoms with Crippen LogP contribution in [0.5, 0.6) is 0 Å². The first-order valence-corrected chi connectivity index (χ1v) is 16.9. The molecule has 4 aromatic carbocycles. The van der Waals surface area contributed by atoms with Crippen LogP contribution in [0.2, 0.25) is 0 Å². The minimum absolute atomic E-state index is 0.109. The normalized spacial score (nSPS) is 31.6. The highest BCUT2D eigenvalue weighted by molar-refractivity contribution is 5.64. The number of rotatable bonds is 6. The van der Waals surface area contributed by atoms with E-state index < -0.39 is 0 Å². The molecular weight excluding hydrogens is 578 g/mol. The lowest BCUT2D eigenvalue weighted by molar-refractivity contribution is 0.144. The number of nitrogens with one attached hydrogen (secondary N) is 4. The first kappa shape index (κ1) is 30.1. The molecule has 4 aliphatic heterocycles. The molecule has 240 valence electrons. The summed E-state index contributed by atoms with van der Waals surface area (Å²) in [5.74, 6) is 0. The molecule has 0 bridgehead atoms. The van der Waals surface area contributed by atoms with Crippen molar-refractivity contribution in [2.45, 2.75) is 70.6 Å². The number of hydrazine groups is 1. The Balaban J connectivity index is 1.11. The molecular formula is C40H45N7. The molecule has 0 aliphatic carbocycles. The van der Waals surface area contributed by atoms with E-state index in [1.54, 1.807) is 0 Å². The average Bonchev–Trinajstić information content (AvgIpc) is 3.70. The standard InChI is InChI=1S/C40H45N7/c1-25-22-26(2)42-36(41-25)30-14-18-32(19-15-30)38-45(5)39(35-13-9-12-34(24-35)29-10-7-6-8-11-29)47-40(46(38)47)33-20-16-31(17-21-33)37-43-27(3)23-28(4)44-37/h6-25,27,36-44H,1-5H3. The first-order valence-electron chi connectivity index (χ1n) is 16.9. The Morgan fingerprint density at radius 1 is 0.489 bits per heavy atom. The summed E-state index contributed by atoms with van der Waals surface area (Å²) < 4.78 is 0. The minimum atomic E-state index is 0.109. The molecule has 4 heterocycles. The Morgan fingerprint density at radius 3 is 1.49 bits per heavy atom. The van der Waals surface area contributed by atoms with Crippen molar-refractivity contribution >= 4 is 0 Å². The maximum atomic E-state index is 3.66. The third-order valence-electron chi connectivity index (χ3n) is 10.0. The summed E-state index contributed by atoms with van der Waals surface area (Å²) in [6.45, 7) is 8.69. The first-order chi connectivity index (χ1) is 22.8. The van der Waals surface area contributed by atoms with Crippen LogP contribution in [-0.4, -0.2) is 34.0 Å². The van der Waals surface area contributed by atoms with Gasteiger partial charge in [-0.15, -0.1) is 0 Å². The SMILES string of the molecule is CC1=CC(C)NC(c2ccc(C3N(C)C(c4cccc(-c5ccccc5)c4)N4C(c5ccc(C6NC(C)=CC(C)N6)cc5)N34)cc2)N1. The van der Waals surface area contributed by atoms with Crippen molar-refractivity contribution in [1.82, 2.24) is 36.2 Å². The zero-order chi connectivity index (χ0) is 32.2. The summed E-state index contributed by atoms with van der Waals surface area (Å²) in [7, 11) is 2.27. The topological polar surface area (TPSA) is 57.4 Å². The van der Waals surface area contributed by atoms with Gasteiger partial charge in [0.1, 0.15) is 30.8 Å². The number of hydrogen-bond donors (Lipinski definition) is 4. The van der Waals surface area contributed by atoms with Crippen LogP contribution in [-0.2, 0) is 0 Å². The third kappa shape index (κ3) is 5.69. The highest BCUT2D eigenvalue weighted by Crippen LogP contribution is 2.61. The van der Waals surface area contributed by atoms with Crippen molar-refractivity contribution in [3.8, 4) is 11.1 Å². The number of hydrogen-bond acceptors (Lipinski definition) is 7. The highest BCUT2D eigenvalue weighted by Gasteiger charge is 2.63. The van der Waals surface area contributed by atoms with Crippen LogP contribution in [0.3, 0.4) is 0 Å². The Labute approximate surface area is 278 Å². The molecule has 9 atom stereocenters. The van der Waals surface area contributed by atoms with Gasteiger partial charge < -0.3 is 10.6 Å². The predicted octanol–water partition coefficient (Wildman–Crippen LogP) is 7.20. The van der Waals surface area contributed by atoms with Gasteiger partial charge in [0.2, 0.25) is 0 Å². The number of benzene rings is 4. The Bertz CT molecular complexity index is 1800. The molecule has 0 saturated carbocycles. The van der Waals surface area contributed by atoms with E-state index >= 15 is 0 Å². The number of nitrogens with zero attached hydrogens (tertiary/aromatic N) is 3. The molecule has 9 unspecified atom stereocenters. The number of allylic oxidation sites excluding steroid dienone is 2. The second-order valence-corrected chi connectivity index (χ2v) is 13.6. The molecule has 2 fully saturated rings. The van der Waals surface area contributed by atoms with Crippen LogP contribution < -0.4 is 21.3 Å². The van der Waals surface area contributed by atoms with Gasteiger partial charge in [-0.1, -0.05) is 97.1 Å². The van der Waals surface area contributed by atoms with Gasteiger partial charge in [-0.2, -0.15) is 10.0 Å². The zero-order valence-corrected chi connectivity index (χ0v) is 27.9. The maximum Gasteiger partial charge on any atom is 0.119 e. The lowest BCUT2D eigenvalue weighted by atomic mass is 10.00. The quantitative estimate of drug-likeness (QED) is 0.170. The van der Waals surface area contributed by atoms with Crippen LogP contribution in [0, 0.1) is 0 Å².